The fourth-order valence-electron chi connectivity index (χ4n) is 1.42. The van der Waals surface area contributed by atoms with Gasteiger partial charge < -0.3 is 0 Å². The highest BCUT2D eigenvalue weighted by molar-refractivity contribution is 9.10. The van der Waals surface area contributed by atoms with Crippen LogP contribution in [0.15, 0.2) is 10.5 Å². The van der Waals surface area contributed by atoms with Gasteiger partial charge in [-0.05, 0) is 22.0 Å². The minimum atomic E-state index is -0.990. The Morgan fingerprint density at radius 1 is 1.21 bits per heavy atom. The summed E-state index contributed by atoms with van der Waals surface area (Å²) in [5, 5.41) is 0. The van der Waals surface area contributed by atoms with Gasteiger partial charge in [0.1, 0.15) is 5.82 Å². The number of fused-ring (bicyclic) bond motifs is 1. The molecule has 0 aliphatic heterocycles. The minimum absolute atomic E-state index is 0.159. The van der Waals surface area contributed by atoms with Crippen LogP contribution in [0.4, 0.5) is 8.78 Å². The van der Waals surface area contributed by atoms with Gasteiger partial charge >= 0.3 is 0 Å². The van der Waals surface area contributed by atoms with Crippen molar-refractivity contribution in [3.8, 4) is 0 Å². The van der Waals surface area contributed by atoms with Crippen LogP contribution in [0, 0.1) is 11.6 Å². The molecule has 0 amide bonds. The molecule has 0 unspecified atom stereocenters. The highest BCUT2D eigenvalue weighted by Crippen LogP contribution is 2.31. The molecule has 0 aromatic heterocycles. The van der Waals surface area contributed by atoms with Crippen molar-refractivity contribution in [1.29, 1.82) is 0 Å². The number of halogens is 3. The van der Waals surface area contributed by atoms with Gasteiger partial charge in [0.25, 0.3) is 0 Å². The summed E-state index contributed by atoms with van der Waals surface area (Å²) in [6.07, 6.45) is -0.373. The third-order valence-electron chi connectivity index (χ3n) is 2.06. The Hall–Kier alpha value is -1.10. The molecular weight excluding hydrogens is 258 g/mol. The fourth-order valence-corrected chi connectivity index (χ4v) is 1.73. The van der Waals surface area contributed by atoms with Crippen LogP contribution in [-0.4, -0.2) is 11.6 Å². The summed E-state index contributed by atoms with van der Waals surface area (Å²) in [5.41, 5.74) is -0.462. The van der Waals surface area contributed by atoms with Crippen molar-refractivity contribution in [3.05, 3.63) is 33.3 Å². The summed E-state index contributed by atoms with van der Waals surface area (Å²) < 4.78 is 25.9. The molecule has 2 nitrogen and oxygen atoms in total. The normalized spacial score (nSPS) is 14.8. The van der Waals surface area contributed by atoms with E-state index >= 15 is 0 Å². The zero-order valence-electron chi connectivity index (χ0n) is 6.73. The van der Waals surface area contributed by atoms with Crippen LogP contribution in [0.5, 0.6) is 0 Å². The third kappa shape index (κ3) is 1.12. The Labute approximate surface area is 86.0 Å². The number of ketones is 2. The van der Waals surface area contributed by atoms with Crippen molar-refractivity contribution < 1.29 is 18.4 Å². The maximum atomic E-state index is 13.3. The van der Waals surface area contributed by atoms with E-state index < -0.39 is 27.7 Å². The maximum Gasteiger partial charge on any atom is 0.174 e. The van der Waals surface area contributed by atoms with Crippen molar-refractivity contribution in [1.82, 2.24) is 0 Å². The number of rotatable bonds is 0. The van der Waals surface area contributed by atoms with Crippen LogP contribution in [-0.2, 0) is 0 Å². The molecule has 1 aromatic rings. The second-order valence-corrected chi connectivity index (χ2v) is 3.73. The molecule has 0 N–H and O–H groups in total. The fraction of sp³-hybridized carbons (Fsp3) is 0.111. The number of hydrogen-bond acceptors (Lipinski definition) is 2. The lowest BCUT2D eigenvalue weighted by Gasteiger charge is -2.01. The summed E-state index contributed by atoms with van der Waals surface area (Å²) in [4.78, 5) is 22.3. The molecule has 0 spiro atoms. The SMILES string of the molecule is O=C1CC(=O)c2c1cc(F)c(Br)c2F. The number of carbonyl (C=O) groups is 2. The van der Waals surface area contributed by atoms with Gasteiger partial charge in [-0.3, -0.25) is 9.59 Å². The zero-order valence-corrected chi connectivity index (χ0v) is 8.32. The van der Waals surface area contributed by atoms with Crippen LogP contribution < -0.4 is 0 Å². The highest BCUT2D eigenvalue weighted by atomic mass is 79.9. The van der Waals surface area contributed by atoms with Gasteiger partial charge in [0.15, 0.2) is 17.4 Å². The number of carbonyl (C=O) groups excluding carboxylic acids is 2. The molecule has 0 bridgehead atoms. The van der Waals surface area contributed by atoms with Crippen LogP contribution in [0.3, 0.4) is 0 Å². The Kier molecular flexibility index (Phi) is 1.99. The first-order valence-corrected chi connectivity index (χ1v) is 4.55. The van der Waals surface area contributed by atoms with Gasteiger partial charge in [-0.25, -0.2) is 8.78 Å². The zero-order chi connectivity index (χ0) is 10.5. The molecule has 2 rings (SSSR count). The molecule has 0 atom stereocenters. The van der Waals surface area contributed by atoms with Crippen molar-refractivity contribution in [2.75, 3.05) is 0 Å². The highest BCUT2D eigenvalue weighted by Gasteiger charge is 2.32. The van der Waals surface area contributed by atoms with Crippen molar-refractivity contribution in [2.24, 2.45) is 0 Å². The molecule has 72 valence electrons. The van der Waals surface area contributed by atoms with E-state index in [1.165, 1.54) is 0 Å². The molecule has 1 aliphatic rings. The molecule has 0 heterocycles. The summed E-state index contributed by atoms with van der Waals surface area (Å²) in [6, 6.07) is 0.885. The molecule has 0 radical (unpaired) electrons. The smallest absolute Gasteiger partial charge is 0.174 e. The molecule has 5 heteroatoms. The lowest BCUT2D eigenvalue weighted by atomic mass is 10.1. The average molecular weight is 261 g/mol. The lowest BCUT2D eigenvalue weighted by Crippen LogP contribution is -1.99. The molecule has 0 saturated carbocycles. The third-order valence-corrected chi connectivity index (χ3v) is 2.79. The van der Waals surface area contributed by atoms with Crippen LogP contribution in [0.1, 0.15) is 27.1 Å². The summed E-state index contributed by atoms with van der Waals surface area (Å²) in [5.74, 6) is -2.99. The van der Waals surface area contributed by atoms with E-state index in [-0.39, 0.29) is 17.5 Å². The second kappa shape index (κ2) is 2.95. The predicted molar refractivity (Wildman–Crippen MR) is 47.3 cm³/mol. The Morgan fingerprint density at radius 3 is 2.50 bits per heavy atom. The van der Waals surface area contributed by atoms with E-state index in [1.807, 2.05) is 0 Å². The van der Waals surface area contributed by atoms with Gasteiger partial charge in [0, 0.05) is 5.56 Å². The van der Waals surface area contributed by atoms with Gasteiger partial charge in [0.2, 0.25) is 0 Å². The molecule has 14 heavy (non-hydrogen) atoms. The predicted octanol–water partition coefficient (Wildman–Crippen LogP) is 2.50. The molecule has 1 aliphatic carbocycles. The van der Waals surface area contributed by atoms with Crippen molar-refractivity contribution in [2.45, 2.75) is 6.42 Å². The van der Waals surface area contributed by atoms with E-state index in [1.54, 1.807) is 0 Å². The van der Waals surface area contributed by atoms with Crippen LogP contribution >= 0.6 is 15.9 Å². The van der Waals surface area contributed by atoms with E-state index in [0.29, 0.717) is 0 Å². The quantitative estimate of drug-likeness (QED) is 0.531. The van der Waals surface area contributed by atoms with E-state index in [2.05, 4.69) is 15.9 Å². The average Bonchev–Trinajstić information content (AvgIpc) is 2.38. The first-order valence-electron chi connectivity index (χ1n) is 3.76. The van der Waals surface area contributed by atoms with Gasteiger partial charge in [-0.2, -0.15) is 0 Å². The Bertz CT molecular complexity index is 468. The number of hydrogen-bond donors (Lipinski definition) is 0. The standard InChI is InChI=1S/C9H3BrF2O2/c10-8-4(11)1-3-5(13)2-6(14)7(3)9(8)12/h1H,2H2. The van der Waals surface area contributed by atoms with Crippen molar-refractivity contribution in [3.63, 3.8) is 0 Å². The summed E-state index contributed by atoms with van der Waals surface area (Å²) in [7, 11) is 0. The first-order chi connectivity index (χ1) is 6.52. The van der Waals surface area contributed by atoms with Crippen LogP contribution in [0.2, 0.25) is 0 Å². The van der Waals surface area contributed by atoms with Crippen molar-refractivity contribution >= 4 is 27.5 Å². The maximum absolute atomic E-state index is 13.3. The largest absolute Gasteiger partial charge is 0.294 e. The number of Topliss-reactive ketones (excluding diaryl/α,β-unsaturated/α-hetero) is 2. The molecule has 0 fully saturated rings. The Balaban J connectivity index is 2.82. The first kappa shape index (κ1) is 9.45. The van der Waals surface area contributed by atoms with Gasteiger partial charge in [0.05, 0.1) is 16.5 Å². The van der Waals surface area contributed by atoms with E-state index in [0.717, 1.165) is 6.07 Å². The van der Waals surface area contributed by atoms with E-state index in [9.17, 15) is 18.4 Å². The van der Waals surface area contributed by atoms with Crippen LogP contribution in [0.25, 0.3) is 0 Å². The summed E-state index contributed by atoms with van der Waals surface area (Å²) in [6.45, 7) is 0. The molecule has 1 aromatic carbocycles. The van der Waals surface area contributed by atoms with E-state index in [4.69, 9.17) is 0 Å². The Morgan fingerprint density at radius 2 is 1.86 bits per heavy atom. The minimum Gasteiger partial charge on any atom is -0.294 e. The monoisotopic (exact) mass is 260 g/mol. The molecule has 0 saturated heterocycles. The number of benzene rings is 1. The molecular formula is C9H3BrF2O2. The van der Waals surface area contributed by atoms with Gasteiger partial charge in [-0.1, -0.05) is 0 Å². The topological polar surface area (TPSA) is 34.1 Å². The summed E-state index contributed by atoms with van der Waals surface area (Å²) >= 11 is 2.67. The van der Waals surface area contributed by atoms with Gasteiger partial charge in [-0.15, -0.1) is 0 Å². The second-order valence-electron chi connectivity index (χ2n) is 2.93. The lowest BCUT2D eigenvalue weighted by molar-refractivity contribution is 0.0922.